The fourth-order valence-corrected chi connectivity index (χ4v) is 10.1. The highest BCUT2D eigenvalue weighted by Gasteiger charge is 2.54. The minimum absolute atomic E-state index is 0. The Morgan fingerprint density at radius 3 is 1.37 bits per heavy atom. The average Bonchev–Trinajstić information content (AvgIpc) is 4.14. The van der Waals surface area contributed by atoms with Gasteiger partial charge in [0.15, 0.2) is 0 Å². The second kappa shape index (κ2) is 16.8. The number of anilines is 3. The number of carboxylic acids is 3. The van der Waals surface area contributed by atoms with Crippen molar-refractivity contribution < 1.29 is 44.1 Å². The third-order valence-corrected chi connectivity index (χ3v) is 13.5. The normalized spacial score (nSPS) is 20.8. The number of aromatic carboxylic acids is 3. The molecule has 68 heavy (non-hydrogen) atoms. The fourth-order valence-electron chi connectivity index (χ4n) is 9.81. The van der Waals surface area contributed by atoms with Crippen LogP contribution in [-0.4, -0.2) is 80.9 Å². The summed E-state index contributed by atoms with van der Waals surface area (Å²) in [5.41, 5.74) is 5.50. The molecule has 3 amide bonds. The summed E-state index contributed by atoms with van der Waals surface area (Å²) < 4.78 is 0.803. The number of halogens is 1. The Labute approximate surface area is 395 Å². The van der Waals surface area contributed by atoms with Gasteiger partial charge in [0, 0.05) is 94.7 Å². The number of fused-ring (bicyclic) bond motifs is 9. The number of nitrogens with zero attached hydrogens (tertiary/aromatic N) is 7. The SMILES string of the molecule is C.C.N#Cc1cnc2c(c1)[C@@]1(Cc3cc(C(=O)O)cnc3C1)C(=O)N2.O=C(O)c1cnc2c(c1)C[C@@]1(C2)C(=O)Nc2ncc(Br)cc21.O=C(O)c1cnc2c(c1)C[C@@]1(C2)C(=O)Nc2ncccc21. The molecular formula is C48H39BrN10O9. The van der Waals surface area contributed by atoms with Gasteiger partial charge >= 0.3 is 17.9 Å². The molecule has 20 heteroatoms. The number of nitriles is 1. The minimum Gasteiger partial charge on any atom is -0.478 e. The van der Waals surface area contributed by atoms with E-state index in [-0.39, 0.29) is 49.3 Å². The lowest BCUT2D eigenvalue weighted by atomic mass is 9.79. The molecule has 3 spiro atoms. The van der Waals surface area contributed by atoms with Gasteiger partial charge in [0.2, 0.25) is 17.7 Å². The molecule has 6 N–H and O–H groups in total. The first-order chi connectivity index (χ1) is 31.6. The summed E-state index contributed by atoms with van der Waals surface area (Å²) >= 11 is 3.39. The van der Waals surface area contributed by atoms with E-state index in [2.05, 4.69) is 61.8 Å². The zero-order valence-corrected chi connectivity index (χ0v) is 35.6. The van der Waals surface area contributed by atoms with Gasteiger partial charge in [-0.15, -0.1) is 0 Å². The molecule has 3 aliphatic heterocycles. The molecular weight excluding hydrogens is 940 g/mol. The zero-order valence-electron chi connectivity index (χ0n) is 34.0. The number of carbonyl (C=O) groups excluding carboxylic acids is 3. The molecule has 6 aromatic heterocycles. The number of nitrogens with one attached hydrogen (secondary N) is 3. The van der Waals surface area contributed by atoms with Crippen LogP contribution in [-0.2, 0) is 69.2 Å². The van der Waals surface area contributed by atoms with E-state index in [9.17, 15) is 28.8 Å². The molecule has 3 atom stereocenters. The van der Waals surface area contributed by atoms with E-state index in [1.807, 2.05) is 18.2 Å². The Morgan fingerprint density at radius 1 is 0.544 bits per heavy atom. The third-order valence-electron chi connectivity index (χ3n) is 13.0. The first-order valence-electron chi connectivity index (χ1n) is 20.2. The van der Waals surface area contributed by atoms with Crippen molar-refractivity contribution in [2.24, 2.45) is 0 Å². The van der Waals surface area contributed by atoms with Crippen LogP contribution in [0.25, 0.3) is 0 Å². The van der Waals surface area contributed by atoms with Crippen molar-refractivity contribution in [3.63, 3.8) is 0 Å². The first kappa shape index (κ1) is 46.2. The van der Waals surface area contributed by atoms with Crippen LogP contribution in [0.1, 0.15) is 102 Å². The summed E-state index contributed by atoms with van der Waals surface area (Å²) in [7, 11) is 0. The average molecular weight is 980 g/mol. The molecule has 0 saturated carbocycles. The second-order valence-electron chi connectivity index (χ2n) is 16.8. The third kappa shape index (κ3) is 7.27. The lowest BCUT2D eigenvalue weighted by Crippen LogP contribution is -2.35. The van der Waals surface area contributed by atoms with Gasteiger partial charge in [-0.1, -0.05) is 20.9 Å². The maximum atomic E-state index is 12.6. The fraction of sp³-hybridized carbons (Fsp3) is 0.229. The van der Waals surface area contributed by atoms with Gasteiger partial charge in [0.25, 0.3) is 0 Å². The van der Waals surface area contributed by atoms with E-state index in [4.69, 9.17) is 20.6 Å². The predicted molar refractivity (Wildman–Crippen MR) is 245 cm³/mol. The van der Waals surface area contributed by atoms with Crippen LogP contribution >= 0.6 is 15.9 Å². The van der Waals surface area contributed by atoms with Gasteiger partial charge in [-0.05, 0) is 88.3 Å². The van der Waals surface area contributed by atoms with Gasteiger partial charge in [0.1, 0.15) is 23.5 Å². The van der Waals surface area contributed by atoms with Crippen LogP contribution in [0.3, 0.4) is 0 Å². The molecule has 12 rings (SSSR count). The number of carboxylic acid groups (broad SMARTS) is 3. The van der Waals surface area contributed by atoms with Gasteiger partial charge in [-0.3, -0.25) is 29.3 Å². The topological polar surface area (TPSA) is 300 Å². The van der Waals surface area contributed by atoms with Gasteiger partial charge in [-0.25, -0.2) is 29.3 Å². The Morgan fingerprint density at radius 2 is 0.941 bits per heavy atom. The Kier molecular flexibility index (Phi) is 11.5. The quantitative estimate of drug-likeness (QED) is 0.129. The van der Waals surface area contributed by atoms with Crippen molar-refractivity contribution >= 4 is 69.0 Å². The molecule has 342 valence electrons. The van der Waals surface area contributed by atoms with E-state index >= 15 is 0 Å². The number of aromatic nitrogens is 6. The molecule has 9 heterocycles. The molecule has 0 aromatic carbocycles. The van der Waals surface area contributed by atoms with Gasteiger partial charge < -0.3 is 31.3 Å². The highest BCUT2D eigenvalue weighted by Crippen LogP contribution is 2.49. The van der Waals surface area contributed by atoms with Crippen molar-refractivity contribution in [2.45, 2.75) is 69.6 Å². The summed E-state index contributed by atoms with van der Waals surface area (Å²) in [4.78, 5) is 96.0. The molecule has 0 unspecified atom stereocenters. The smallest absolute Gasteiger partial charge is 0.337 e. The lowest BCUT2D eigenvalue weighted by Gasteiger charge is -2.20. The standard InChI is InChI=1S/C16H10N4O3.C15H10BrN3O3.C15H11N3O3.2CH4/c17-5-8-1-11-13(19-6-8)20-15(23)16(11)3-9-2-10(14(21)22)7-18-12(9)4-16;16-9-2-10-12(18-6-9)19-14(22)15(10)3-7-1-8(13(20)21)5-17-11(7)4-15;19-13(20)9-4-8-5-15(6-11(8)17-7-9)10-2-1-3-16-12(10)18-14(15)21;;/h1-2,6-7H,3-4H2,(H,21,22)(H,19,20,23);1-2,5-6H,3-4H2,(H,20,21)(H,18,19,22);1-4,7H,5-6H2,(H,19,20)(H,16,18,21);2*1H4/t16-;2*15-;;/m000../s1. The molecule has 3 aliphatic carbocycles. The summed E-state index contributed by atoms with van der Waals surface area (Å²) in [5, 5.41) is 44.7. The minimum atomic E-state index is -1.05. The number of rotatable bonds is 3. The number of amides is 3. The predicted octanol–water partition coefficient (Wildman–Crippen LogP) is 5.40. The van der Waals surface area contributed by atoms with Gasteiger partial charge in [-0.2, -0.15) is 5.26 Å². The Bertz CT molecular complexity index is 3270. The van der Waals surface area contributed by atoms with Crippen molar-refractivity contribution in [1.29, 1.82) is 5.26 Å². The van der Waals surface area contributed by atoms with E-state index in [1.165, 1.54) is 24.8 Å². The molecule has 6 aromatic rings. The number of hydrogen-bond donors (Lipinski definition) is 6. The van der Waals surface area contributed by atoms with Crippen LogP contribution < -0.4 is 16.0 Å². The summed E-state index contributed by atoms with van der Waals surface area (Å²) in [5.74, 6) is -1.85. The van der Waals surface area contributed by atoms with Crippen molar-refractivity contribution in [1.82, 2.24) is 29.9 Å². The molecule has 0 saturated heterocycles. The van der Waals surface area contributed by atoms with Gasteiger partial charge in [0.05, 0.1) is 38.5 Å². The van der Waals surface area contributed by atoms with E-state index in [0.29, 0.717) is 72.8 Å². The summed E-state index contributed by atoms with van der Waals surface area (Å²) in [6, 6.07) is 14.1. The maximum Gasteiger partial charge on any atom is 0.337 e. The maximum absolute atomic E-state index is 12.6. The van der Waals surface area contributed by atoms with E-state index in [0.717, 1.165) is 43.7 Å². The highest BCUT2D eigenvalue weighted by molar-refractivity contribution is 9.10. The van der Waals surface area contributed by atoms with Crippen LogP contribution in [0.5, 0.6) is 0 Å². The zero-order chi connectivity index (χ0) is 46.3. The van der Waals surface area contributed by atoms with E-state index in [1.54, 1.807) is 42.7 Å². The monoisotopic (exact) mass is 978 g/mol. The van der Waals surface area contributed by atoms with Crippen molar-refractivity contribution in [2.75, 3.05) is 16.0 Å². The Hall–Kier alpha value is -8.31. The number of pyridine rings is 6. The molecule has 6 aliphatic rings. The first-order valence-corrected chi connectivity index (χ1v) is 21.0. The van der Waals surface area contributed by atoms with Crippen LogP contribution in [0.4, 0.5) is 17.5 Å². The van der Waals surface area contributed by atoms with Crippen LogP contribution in [0.15, 0.2) is 84.1 Å². The number of hydrogen-bond acceptors (Lipinski definition) is 13. The second-order valence-corrected chi connectivity index (χ2v) is 17.7. The van der Waals surface area contributed by atoms with E-state index < -0.39 is 34.2 Å². The van der Waals surface area contributed by atoms with Crippen LogP contribution in [0, 0.1) is 11.3 Å². The van der Waals surface area contributed by atoms with Crippen molar-refractivity contribution in [3.05, 3.63) is 157 Å². The highest BCUT2D eigenvalue weighted by atomic mass is 79.9. The Balaban J connectivity index is 0.000000136. The largest absolute Gasteiger partial charge is 0.478 e. The molecule has 0 fully saturated rings. The molecule has 19 nitrogen and oxygen atoms in total. The summed E-state index contributed by atoms with van der Waals surface area (Å²) in [6.45, 7) is 0. The molecule has 0 radical (unpaired) electrons. The summed E-state index contributed by atoms with van der Waals surface area (Å²) in [6.07, 6.45) is 11.2. The lowest BCUT2D eigenvalue weighted by molar-refractivity contribution is -0.121. The van der Waals surface area contributed by atoms with Crippen molar-refractivity contribution in [3.8, 4) is 6.07 Å². The number of carbonyl (C=O) groups is 6. The van der Waals surface area contributed by atoms with Crippen LogP contribution in [0.2, 0.25) is 0 Å². The molecule has 0 bridgehead atoms.